The number of ether oxygens (including phenoxy) is 4. The van der Waals surface area contributed by atoms with Gasteiger partial charge in [0.1, 0.15) is 17.1 Å². The third-order valence-electron chi connectivity index (χ3n) is 5.26. The van der Waals surface area contributed by atoms with Crippen LogP contribution >= 0.6 is 0 Å². The van der Waals surface area contributed by atoms with E-state index in [0.29, 0.717) is 51.0 Å². The molecule has 32 heavy (non-hydrogen) atoms. The molecule has 4 aromatic rings. The van der Waals surface area contributed by atoms with E-state index in [4.69, 9.17) is 23.4 Å². The van der Waals surface area contributed by atoms with Gasteiger partial charge in [-0.15, -0.1) is 0 Å². The van der Waals surface area contributed by atoms with Crippen LogP contribution in [0.3, 0.4) is 0 Å². The maximum Gasteiger partial charge on any atom is 0.216 e. The first-order valence-electron chi connectivity index (χ1n) is 9.89. The zero-order chi connectivity index (χ0) is 22.8. The van der Waals surface area contributed by atoms with Gasteiger partial charge in [-0.25, -0.2) is 4.98 Å². The lowest BCUT2D eigenvalue weighted by Gasteiger charge is -2.12. The molecule has 0 aliphatic rings. The molecule has 0 saturated heterocycles. The maximum atomic E-state index is 13.8. The number of nitrogens with zero attached hydrogens (tertiary/aromatic N) is 1. The highest BCUT2D eigenvalue weighted by molar-refractivity contribution is 6.19. The molecule has 2 aromatic carbocycles. The number of carbonyl (C=O) groups is 1. The number of pyridine rings is 1. The summed E-state index contributed by atoms with van der Waals surface area (Å²) in [6.45, 7) is 1.86. The third-order valence-corrected chi connectivity index (χ3v) is 5.26. The van der Waals surface area contributed by atoms with Crippen LogP contribution < -0.4 is 18.9 Å². The van der Waals surface area contributed by atoms with Gasteiger partial charge in [-0.2, -0.15) is 0 Å². The van der Waals surface area contributed by atoms with E-state index in [1.807, 2.05) is 31.2 Å². The lowest BCUT2D eigenvalue weighted by molar-refractivity contribution is 0.103. The maximum absolute atomic E-state index is 13.8. The Labute approximate surface area is 185 Å². The fourth-order valence-corrected chi connectivity index (χ4v) is 3.69. The second-order valence-corrected chi connectivity index (χ2v) is 7.12. The minimum Gasteiger partial charge on any atom is -0.497 e. The number of rotatable bonds is 7. The molecule has 0 unspecified atom stereocenters. The molecule has 0 amide bonds. The molecular weight excluding hydrogens is 410 g/mol. The molecule has 0 aliphatic carbocycles. The average molecular weight is 433 g/mol. The molecular formula is C25H23NO6. The summed E-state index contributed by atoms with van der Waals surface area (Å²) in [5, 5.41) is 0.592. The molecule has 0 spiro atoms. The predicted octanol–water partition coefficient (Wildman–Crippen LogP) is 5.07. The summed E-state index contributed by atoms with van der Waals surface area (Å²) in [5.74, 6) is 2.39. The number of ketones is 1. The highest BCUT2D eigenvalue weighted by Crippen LogP contribution is 2.38. The standard InChI is InChI=1S/C25H23NO6/c1-14-10-16(11-20(29-3)24(14)31-5)23(27)22-18-13-26-21(30-4)12-19(18)32-25(22)15-6-8-17(28-2)9-7-15/h6-13H,1-5H3. The number of carbonyl (C=O) groups excluding carboxylic acids is 1. The van der Waals surface area contributed by atoms with Crippen LogP contribution in [0.4, 0.5) is 0 Å². The quantitative estimate of drug-likeness (QED) is 0.377. The molecule has 0 bridgehead atoms. The van der Waals surface area contributed by atoms with Crippen molar-refractivity contribution in [1.29, 1.82) is 0 Å². The number of hydrogen-bond donors (Lipinski definition) is 0. The Morgan fingerprint density at radius 1 is 0.906 bits per heavy atom. The van der Waals surface area contributed by atoms with Crippen LogP contribution in [0.1, 0.15) is 21.5 Å². The van der Waals surface area contributed by atoms with Crippen molar-refractivity contribution in [2.45, 2.75) is 6.92 Å². The smallest absolute Gasteiger partial charge is 0.216 e. The zero-order valence-corrected chi connectivity index (χ0v) is 18.5. The molecule has 0 fully saturated rings. The highest BCUT2D eigenvalue weighted by atomic mass is 16.5. The minimum absolute atomic E-state index is 0.217. The Kier molecular flexibility index (Phi) is 5.73. The van der Waals surface area contributed by atoms with Gasteiger partial charge < -0.3 is 23.4 Å². The van der Waals surface area contributed by atoms with E-state index in [2.05, 4.69) is 4.98 Å². The number of aryl methyl sites for hydroxylation is 1. The first-order chi connectivity index (χ1) is 15.5. The van der Waals surface area contributed by atoms with Gasteiger partial charge in [0.05, 0.1) is 39.4 Å². The van der Waals surface area contributed by atoms with Crippen LogP contribution in [-0.2, 0) is 0 Å². The lowest BCUT2D eigenvalue weighted by Crippen LogP contribution is -2.05. The van der Waals surface area contributed by atoms with Crippen LogP contribution in [0.25, 0.3) is 22.3 Å². The molecule has 4 rings (SSSR count). The second-order valence-electron chi connectivity index (χ2n) is 7.12. The van der Waals surface area contributed by atoms with Gasteiger partial charge in [0.2, 0.25) is 5.88 Å². The Hall–Kier alpha value is -4.00. The Bertz CT molecular complexity index is 1290. The van der Waals surface area contributed by atoms with Gasteiger partial charge in [0.15, 0.2) is 17.3 Å². The monoisotopic (exact) mass is 433 g/mol. The fraction of sp³-hybridized carbons (Fsp3) is 0.200. The van der Waals surface area contributed by atoms with E-state index in [-0.39, 0.29) is 5.78 Å². The Morgan fingerprint density at radius 3 is 2.28 bits per heavy atom. The summed E-state index contributed by atoms with van der Waals surface area (Å²) in [5.41, 5.74) is 2.89. The van der Waals surface area contributed by atoms with Crippen molar-refractivity contribution >= 4 is 16.8 Å². The van der Waals surface area contributed by atoms with Crippen LogP contribution in [0.2, 0.25) is 0 Å². The molecule has 164 valence electrons. The number of hydrogen-bond acceptors (Lipinski definition) is 7. The lowest BCUT2D eigenvalue weighted by atomic mass is 9.96. The van der Waals surface area contributed by atoms with Crippen molar-refractivity contribution in [3.8, 4) is 34.5 Å². The number of methoxy groups -OCH3 is 4. The number of aromatic nitrogens is 1. The van der Waals surface area contributed by atoms with E-state index < -0.39 is 0 Å². The summed E-state index contributed by atoms with van der Waals surface area (Å²) < 4.78 is 27.5. The first-order valence-corrected chi connectivity index (χ1v) is 9.89. The van der Waals surface area contributed by atoms with E-state index in [9.17, 15) is 4.79 Å². The predicted molar refractivity (Wildman–Crippen MR) is 120 cm³/mol. The van der Waals surface area contributed by atoms with Crippen molar-refractivity contribution in [3.05, 3.63) is 65.4 Å². The number of fused-ring (bicyclic) bond motifs is 1. The second kappa shape index (κ2) is 8.63. The zero-order valence-electron chi connectivity index (χ0n) is 18.5. The van der Waals surface area contributed by atoms with E-state index >= 15 is 0 Å². The van der Waals surface area contributed by atoms with Crippen molar-refractivity contribution in [3.63, 3.8) is 0 Å². The fourth-order valence-electron chi connectivity index (χ4n) is 3.69. The average Bonchev–Trinajstić information content (AvgIpc) is 3.21. The molecule has 7 heteroatoms. The van der Waals surface area contributed by atoms with Crippen molar-refractivity contribution in [2.24, 2.45) is 0 Å². The molecule has 0 saturated carbocycles. The normalized spacial score (nSPS) is 10.8. The molecule has 0 atom stereocenters. The van der Waals surface area contributed by atoms with Gasteiger partial charge in [-0.3, -0.25) is 4.79 Å². The minimum atomic E-state index is -0.217. The molecule has 2 aromatic heterocycles. The van der Waals surface area contributed by atoms with Gasteiger partial charge in [-0.1, -0.05) is 0 Å². The van der Waals surface area contributed by atoms with Gasteiger partial charge in [0.25, 0.3) is 0 Å². The SMILES string of the molecule is COc1ccc(-c2oc3cc(OC)ncc3c2C(=O)c2cc(C)c(OC)c(OC)c2)cc1. The van der Waals surface area contributed by atoms with E-state index in [1.165, 1.54) is 14.2 Å². The van der Waals surface area contributed by atoms with Crippen molar-refractivity contribution in [2.75, 3.05) is 28.4 Å². The van der Waals surface area contributed by atoms with Gasteiger partial charge in [-0.05, 0) is 48.9 Å². The molecule has 2 heterocycles. The number of furan rings is 1. The first kappa shape index (κ1) is 21.2. The Balaban J connectivity index is 1.94. The van der Waals surface area contributed by atoms with Gasteiger partial charge in [0, 0.05) is 23.4 Å². The van der Waals surface area contributed by atoms with E-state index in [0.717, 1.165) is 11.1 Å². The summed E-state index contributed by atoms with van der Waals surface area (Å²) in [7, 11) is 6.23. The summed E-state index contributed by atoms with van der Waals surface area (Å²) >= 11 is 0. The van der Waals surface area contributed by atoms with Crippen molar-refractivity contribution < 1.29 is 28.2 Å². The van der Waals surface area contributed by atoms with Crippen LogP contribution in [0.15, 0.2) is 53.1 Å². The van der Waals surface area contributed by atoms with Crippen LogP contribution in [-0.4, -0.2) is 39.2 Å². The molecule has 0 radical (unpaired) electrons. The summed E-state index contributed by atoms with van der Waals surface area (Å²) in [6.07, 6.45) is 1.59. The van der Waals surface area contributed by atoms with Crippen LogP contribution in [0, 0.1) is 6.92 Å². The Morgan fingerprint density at radius 2 is 1.66 bits per heavy atom. The third kappa shape index (κ3) is 3.62. The number of benzene rings is 2. The van der Waals surface area contributed by atoms with Crippen molar-refractivity contribution in [1.82, 2.24) is 4.98 Å². The molecule has 7 nitrogen and oxygen atoms in total. The van der Waals surface area contributed by atoms with Gasteiger partial charge >= 0.3 is 0 Å². The molecule has 0 aliphatic heterocycles. The van der Waals surface area contributed by atoms with E-state index in [1.54, 1.807) is 38.6 Å². The largest absolute Gasteiger partial charge is 0.497 e. The molecule has 0 N–H and O–H groups in total. The highest BCUT2D eigenvalue weighted by Gasteiger charge is 2.25. The topological polar surface area (TPSA) is 80.0 Å². The summed E-state index contributed by atoms with van der Waals surface area (Å²) in [6, 6.07) is 12.4. The summed E-state index contributed by atoms with van der Waals surface area (Å²) in [4.78, 5) is 18.0. The van der Waals surface area contributed by atoms with Crippen LogP contribution in [0.5, 0.6) is 23.1 Å².